The molecule has 0 aliphatic carbocycles. The molecule has 0 fully saturated rings. The van der Waals surface area contributed by atoms with Crippen LogP contribution in [0.5, 0.6) is 5.75 Å². The second-order valence-electron chi connectivity index (χ2n) is 4.44. The first-order chi connectivity index (χ1) is 10.6. The van der Waals surface area contributed by atoms with Crippen molar-refractivity contribution < 1.29 is 9.09 Å². The zero-order valence-electron chi connectivity index (χ0n) is 11.5. The summed E-state index contributed by atoms with van der Waals surface area (Å²) in [6, 6.07) is 18.0. The number of nitrogens with one attached hydrogen (secondary N) is 2. The summed E-state index contributed by atoms with van der Waals surface area (Å²) < 4.78 is 25.9. The molecule has 22 heavy (non-hydrogen) atoms. The van der Waals surface area contributed by atoms with Crippen LogP contribution in [-0.2, 0) is 4.57 Å². The Bertz CT molecular complexity index is 761. The Morgan fingerprint density at radius 3 is 2.32 bits per heavy atom. The molecule has 0 aromatic heterocycles. The van der Waals surface area contributed by atoms with Crippen molar-refractivity contribution in [1.82, 2.24) is 5.32 Å². The minimum atomic E-state index is -3.66. The van der Waals surface area contributed by atoms with Gasteiger partial charge in [-0.15, -0.1) is 9.53 Å². The largest absolute Gasteiger partial charge is 0.492 e. The Hall–Kier alpha value is -2.79. The van der Waals surface area contributed by atoms with Gasteiger partial charge in [0.1, 0.15) is 5.75 Å². The van der Waals surface area contributed by atoms with E-state index in [9.17, 15) is 4.57 Å². The van der Waals surface area contributed by atoms with Crippen molar-refractivity contribution in [2.24, 2.45) is 15.3 Å². The molecule has 1 aliphatic heterocycles. The molecular weight excluding hydrogens is 301 g/mol. The van der Waals surface area contributed by atoms with Crippen LogP contribution in [0.25, 0.3) is 0 Å². The minimum Gasteiger partial charge on any atom is -0.412 e. The summed E-state index contributed by atoms with van der Waals surface area (Å²) >= 11 is 0. The van der Waals surface area contributed by atoms with Crippen LogP contribution in [0.1, 0.15) is 0 Å². The molecule has 0 saturated heterocycles. The standard InChI is InChI=1S/C14H14N5O2P/c15-13-17-14(16-11-7-3-1-4-8-11)19-22(20,18-13)21-12-9-5-2-6-10-12/h1-10H,(H4,15,16,17,18,19,20). The molecule has 0 radical (unpaired) electrons. The zero-order chi connectivity index (χ0) is 15.4. The van der Waals surface area contributed by atoms with Crippen LogP contribution in [-0.4, -0.2) is 11.9 Å². The lowest BCUT2D eigenvalue weighted by atomic mass is 10.3. The topological polar surface area (TPSA) is 101 Å². The first-order valence-corrected chi connectivity index (χ1v) is 8.06. The Morgan fingerprint density at radius 1 is 1.00 bits per heavy atom. The first-order valence-electron chi connectivity index (χ1n) is 6.53. The Morgan fingerprint density at radius 2 is 1.64 bits per heavy atom. The summed E-state index contributed by atoms with van der Waals surface area (Å²) in [7, 11) is -3.66. The normalized spacial score (nSPS) is 20.4. The average Bonchev–Trinajstić information content (AvgIpc) is 2.47. The number of nitrogens with two attached hydrogens (primary N) is 1. The predicted octanol–water partition coefficient (Wildman–Crippen LogP) is 2.56. The van der Waals surface area contributed by atoms with Gasteiger partial charge in [-0.3, -0.25) is 5.32 Å². The SMILES string of the molecule is NC1=NP(=O)(Oc2ccccc2)N=C(Nc2ccccc2)N1. The molecule has 1 heterocycles. The van der Waals surface area contributed by atoms with Gasteiger partial charge < -0.3 is 15.6 Å². The smallest absolute Gasteiger partial charge is 0.412 e. The third kappa shape index (κ3) is 3.45. The van der Waals surface area contributed by atoms with Gasteiger partial charge in [-0.1, -0.05) is 36.4 Å². The highest BCUT2D eigenvalue weighted by Gasteiger charge is 2.29. The number of hydrogen-bond donors (Lipinski definition) is 3. The molecule has 0 amide bonds. The zero-order valence-corrected chi connectivity index (χ0v) is 12.4. The maximum Gasteiger partial charge on any atom is 0.492 e. The molecular formula is C14H14N5O2P. The molecule has 3 rings (SSSR count). The third-order valence-electron chi connectivity index (χ3n) is 2.71. The fourth-order valence-corrected chi connectivity index (χ4v) is 3.03. The molecule has 0 bridgehead atoms. The summed E-state index contributed by atoms with van der Waals surface area (Å²) in [5.74, 6) is 0.609. The van der Waals surface area contributed by atoms with E-state index >= 15 is 0 Å². The van der Waals surface area contributed by atoms with Crippen LogP contribution in [0.4, 0.5) is 5.69 Å². The van der Waals surface area contributed by atoms with E-state index in [1.165, 1.54) is 0 Å². The van der Waals surface area contributed by atoms with Crippen molar-refractivity contribution in [3.05, 3.63) is 60.7 Å². The summed E-state index contributed by atoms with van der Waals surface area (Å²) in [6.45, 7) is 0. The fraction of sp³-hybridized carbons (Fsp3) is 0. The van der Waals surface area contributed by atoms with Gasteiger partial charge >= 0.3 is 7.67 Å². The summed E-state index contributed by atoms with van der Waals surface area (Å²) in [6.07, 6.45) is 0. The van der Waals surface area contributed by atoms with Crippen LogP contribution < -0.4 is 20.9 Å². The Labute approximate surface area is 127 Å². The van der Waals surface area contributed by atoms with Crippen LogP contribution in [0, 0.1) is 0 Å². The minimum absolute atomic E-state index is 0.0207. The maximum absolute atomic E-state index is 12.7. The lowest BCUT2D eigenvalue weighted by molar-refractivity contribution is 0.484. The van der Waals surface area contributed by atoms with Crippen LogP contribution in [0.3, 0.4) is 0 Å². The predicted molar refractivity (Wildman–Crippen MR) is 86.9 cm³/mol. The van der Waals surface area contributed by atoms with Crippen molar-refractivity contribution in [3.63, 3.8) is 0 Å². The lowest BCUT2D eigenvalue weighted by Gasteiger charge is -2.19. The van der Waals surface area contributed by atoms with E-state index in [0.29, 0.717) is 5.75 Å². The number of nitrogens with zero attached hydrogens (tertiary/aromatic N) is 2. The number of hydrogen-bond acceptors (Lipinski definition) is 5. The molecule has 2 aromatic rings. The van der Waals surface area contributed by atoms with Gasteiger partial charge in [0.2, 0.25) is 11.9 Å². The van der Waals surface area contributed by atoms with Crippen molar-refractivity contribution in [1.29, 1.82) is 0 Å². The van der Waals surface area contributed by atoms with Crippen molar-refractivity contribution in [2.75, 3.05) is 5.32 Å². The second-order valence-corrected chi connectivity index (χ2v) is 6.01. The second kappa shape index (κ2) is 5.91. The Kier molecular flexibility index (Phi) is 3.80. The maximum atomic E-state index is 12.7. The van der Waals surface area contributed by atoms with Crippen molar-refractivity contribution >= 4 is 25.3 Å². The van der Waals surface area contributed by atoms with Crippen LogP contribution in [0.2, 0.25) is 0 Å². The number of guanidine groups is 2. The molecule has 112 valence electrons. The summed E-state index contributed by atoms with van der Waals surface area (Å²) in [5.41, 5.74) is 6.45. The Balaban J connectivity index is 1.84. The van der Waals surface area contributed by atoms with Gasteiger partial charge in [-0.05, 0) is 24.3 Å². The van der Waals surface area contributed by atoms with E-state index in [0.717, 1.165) is 5.69 Å². The van der Waals surface area contributed by atoms with Crippen molar-refractivity contribution in [2.45, 2.75) is 0 Å². The number of para-hydroxylation sites is 2. The molecule has 1 atom stereocenters. The van der Waals surface area contributed by atoms with E-state index in [1.807, 2.05) is 36.4 Å². The lowest BCUT2D eigenvalue weighted by Crippen LogP contribution is -2.42. The molecule has 4 N–H and O–H groups in total. The van der Waals surface area contributed by atoms with E-state index in [4.69, 9.17) is 10.3 Å². The number of benzene rings is 2. The van der Waals surface area contributed by atoms with Gasteiger partial charge in [-0.25, -0.2) is 4.57 Å². The highest BCUT2D eigenvalue weighted by Crippen LogP contribution is 2.51. The highest BCUT2D eigenvalue weighted by molar-refractivity contribution is 7.57. The van der Waals surface area contributed by atoms with Gasteiger partial charge in [0, 0.05) is 5.69 Å². The number of anilines is 1. The molecule has 7 nitrogen and oxygen atoms in total. The van der Waals surface area contributed by atoms with E-state index in [1.54, 1.807) is 24.3 Å². The van der Waals surface area contributed by atoms with Gasteiger partial charge in [-0.2, -0.15) is 0 Å². The van der Waals surface area contributed by atoms with E-state index < -0.39 is 7.67 Å². The van der Waals surface area contributed by atoms with E-state index in [-0.39, 0.29) is 11.9 Å². The molecule has 0 spiro atoms. The summed E-state index contributed by atoms with van der Waals surface area (Å²) in [5, 5.41) is 5.70. The monoisotopic (exact) mass is 315 g/mol. The average molecular weight is 315 g/mol. The van der Waals surface area contributed by atoms with Crippen molar-refractivity contribution in [3.8, 4) is 5.75 Å². The van der Waals surface area contributed by atoms with Gasteiger partial charge in [0.05, 0.1) is 0 Å². The molecule has 8 heteroatoms. The van der Waals surface area contributed by atoms with Gasteiger partial charge in [0.15, 0.2) is 0 Å². The molecule has 2 aromatic carbocycles. The molecule has 1 unspecified atom stereocenters. The van der Waals surface area contributed by atoms with Crippen LogP contribution >= 0.6 is 7.67 Å². The summed E-state index contributed by atoms with van der Waals surface area (Å²) in [4.78, 5) is 0. The number of rotatable bonds is 3. The molecule has 1 aliphatic rings. The van der Waals surface area contributed by atoms with Crippen LogP contribution in [0.15, 0.2) is 70.2 Å². The highest BCUT2D eigenvalue weighted by atomic mass is 31.2. The third-order valence-corrected chi connectivity index (χ3v) is 4.08. The first kappa shape index (κ1) is 14.2. The van der Waals surface area contributed by atoms with E-state index in [2.05, 4.69) is 20.2 Å². The fourth-order valence-electron chi connectivity index (χ4n) is 1.83. The quantitative estimate of drug-likeness (QED) is 0.756. The van der Waals surface area contributed by atoms with Gasteiger partial charge in [0.25, 0.3) is 0 Å². The molecule has 0 saturated carbocycles.